The van der Waals surface area contributed by atoms with Gasteiger partial charge in [0.15, 0.2) is 11.6 Å². The second-order valence-electron chi connectivity index (χ2n) is 7.37. The van der Waals surface area contributed by atoms with E-state index in [9.17, 15) is 18.4 Å². The normalized spacial score (nSPS) is 16.2. The Hall–Kier alpha value is -2.22. The lowest BCUT2D eigenvalue weighted by Crippen LogP contribution is -2.47. The lowest BCUT2D eigenvalue weighted by molar-refractivity contribution is -0.117. The minimum Gasteiger partial charge on any atom is -0.444 e. The van der Waals surface area contributed by atoms with Crippen LogP contribution in [0.15, 0.2) is 18.2 Å². The number of carbonyl (C=O) groups excluding carboxylic acids is 2. The lowest BCUT2D eigenvalue weighted by Gasteiger charge is -2.32. The van der Waals surface area contributed by atoms with Crippen LogP contribution >= 0.6 is 0 Å². The zero-order valence-electron chi connectivity index (χ0n) is 15.3. The summed E-state index contributed by atoms with van der Waals surface area (Å²) in [5, 5.41) is 5.38. The van der Waals surface area contributed by atoms with Gasteiger partial charge in [-0.05, 0) is 45.7 Å². The molecule has 0 aromatic heterocycles. The van der Waals surface area contributed by atoms with E-state index in [1.54, 1.807) is 20.8 Å². The number of benzene rings is 1. The Kier molecular flexibility index (Phi) is 6.52. The third-order valence-electron chi connectivity index (χ3n) is 3.88. The number of nitrogens with one attached hydrogen (secondary N) is 2. The summed E-state index contributed by atoms with van der Waals surface area (Å²) in [6, 6.07) is 3.24. The van der Waals surface area contributed by atoms with Crippen molar-refractivity contribution in [2.45, 2.75) is 45.3 Å². The Morgan fingerprint density at radius 3 is 2.42 bits per heavy atom. The molecule has 144 valence electrons. The van der Waals surface area contributed by atoms with Crippen LogP contribution in [0, 0.1) is 11.6 Å². The van der Waals surface area contributed by atoms with E-state index < -0.39 is 23.3 Å². The van der Waals surface area contributed by atoms with Gasteiger partial charge in [0.1, 0.15) is 5.60 Å². The van der Waals surface area contributed by atoms with Crippen LogP contribution in [0.4, 0.5) is 19.3 Å². The maximum Gasteiger partial charge on any atom is 0.407 e. The second kappa shape index (κ2) is 8.44. The number of rotatable bonds is 4. The van der Waals surface area contributed by atoms with Gasteiger partial charge in [0, 0.05) is 30.9 Å². The van der Waals surface area contributed by atoms with Crippen molar-refractivity contribution < 1.29 is 23.1 Å². The number of amides is 2. The van der Waals surface area contributed by atoms with Gasteiger partial charge in [0.25, 0.3) is 0 Å². The average molecular weight is 369 g/mol. The van der Waals surface area contributed by atoms with E-state index in [1.165, 1.54) is 6.07 Å². The third-order valence-corrected chi connectivity index (χ3v) is 3.88. The van der Waals surface area contributed by atoms with Crippen molar-refractivity contribution in [3.63, 3.8) is 0 Å². The van der Waals surface area contributed by atoms with Gasteiger partial charge >= 0.3 is 6.09 Å². The molecule has 1 fully saturated rings. The molecule has 0 saturated carbocycles. The van der Waals surface area contributed by atoms with Crippen LogP contribution in [-0.2, 0) is 9.53 Å². The predicted octanol–water partition coefficient (Wildman–Crippen LogP) is 2.89. The van der Waals surface area contributed by atoms with Gasteiger partial charge in [-0.3, -0.25) is 9.69 Å². The Morgan fingerprint density at radius 1 is 1.19 bits per heavy atom. The Labute approximate surface area is 151 Å². The largest absolute Gasteiger partial charge is 0.444 e. The predicted molar refractivity (Wildman–Crippen MR) is 93.8 cm³/mol. The SMILES string of the molecule is CC(C)(C)OC(=O)NC1CCN(CC(=O)Nc2ccc(F)c(F)c2)CC1. The van der Waals surface area contributed by atoms with E-state index in [2.05, 4.69) is 10.6 Å². The molecule has 26 heavy (non-hydrogen) atoms. The van der Waals surface area contributed by atoms with Gasteiger partial charge in [-0.1, -0.05) is 0 Å². The van der Waals surface area contributed by atoms with E-state index in [0.717, 1.165) is 12.1 Å². The van der Waals surface area contributed by atoms with Crippen molar-refractivity contribution in [1.29, 1.82) is 0 Å². The van der Waals surface area contributed by atoms with Crippen molar-refractivity contribution in [3.8, 4) is 0 Å². The fraction of sp³-hybridized carbons (Fsp3) is 0.556. The summed E-state index contributed by atoms with van der Waals surface area (Å²) in [7, 11) is 0. The molecule has 0 atom stereocenters. The molecule has 0 spiro atoms. The van der Waals surface area contributed by atoms with Crippen LogP contribution in [-0.4, -0.2) is 48.2 Å². The van der Waals surface area contributed by atoms with Crippen LogP contribution in [0.5, 0.6) is 0 Å². The number of likely N-dealkylation sites (tertiary alicyclic amines) is 1. The van der Waals surface area contributed by atoms with E-state index in [1.807, 2.05) is 4.90 Å². The molecule has 0 aliphatic carbocycles. The molecule has 0 bridgehead atoms. The van der Waals surface area contributed by atoms with Crippen LogP contribution in [0.2, 0.25) is 0 Å². The first-order valence-corrected chi connectivity index (χ1v) is 8.59. The molecule has 1 saturated heterocycles. The molecule has 2 N–H and O–H groups in total. The van der Waals surface area contributed by atoms with E-state index >= 15 is 0 Å². The highest BCUT2D eigenvalue weighted by atomic mass is 19.2. The molecule has 0 unspecified atom stereocenters. The van der Waals surface area contributed by atoms with Crippen molar-refractivity contribution >= 4 is 17.7 Å². The summed E-state index contributed by atoms with van der Waals surface area (Å²) in [6.45, 7) is 6.86. The topological polar surface area (TPSA) is 70.7 Å². The van der Waals surface area contributed by atoms with Gasteiger partial charge in [-0.25, -0.2) is 13.6 Å². The molecule has 2 amide bonds. The smallest absolute Gasteiger partial charge is 0.407 e. The number of piperidine rings is 1. The van der Waals surface area contributed by atoms with E-state index in [-0.39, 0.29) is 24.2 Å². The van der Waals surface area contributed by atoms with Crippen LogP contribution in [0.25, 0.3) is 0 Å². The minimum atomic E-state index is -1.00. The first kappa shape index (κ1) is 20.1. The first-order chi connectivity index (χ1) is 12.1. The fourth-order valence-electron chi connectivity index (χ4n) is 2.69. The minimum absolute atomic E-state index is 0.00959. The number of hydrogen-bond donors (Lipinski definition) is 2. The lowest BCUT2D eigenvalue weighted by atomic mass is 10.1. The molecule has 0 radical (unpaired) electrons. The average Bonchev–Trinajstić information content (AvgIpc) is 2.51. The fourth-order valence-corrected chi connectivity index (χ4v) is 2.69. The molecular weight excluding hydrogens is 344 g/mol. The summed E-state index contributed by atoms with van der Waals surface area (Å²) < 4.78 is 31.3. The third kappa shape index (κ3) is 6.59. The number of alkyl carbamates (subject to hydrolysis) is 1. The summed E-state index contributed by atoms with van der Waals surface area (Å²) in [5.74, 6) is -2.26. The van der Waals surface area contributed by atoms with E-state index in [0.29, 0.717) is 25.9 Å². The van der Waals surface area contributed by atoms with Crippen molar-refractivity contribution in [1.82, 2.24) is 10.2 Å². The molecule has 1 aromatic rings. The molecule has 8 heteroatoms. The van der Waals surface area contributed by atoms with Gasteiger partial charge in [0.05, 0.1) is 6.54 Å². The van der Waals surface area contributed by atoms with Gasteiger partial charge < -0.3 is 15.4 Å². The summed E-state index contributed by atoms with van der Waals surface area (Å²) in [4.78, 5) is 25.8. The number of hydrogen-bond acceptors (Lipinski definition) is 4. The highest BCUT2D eigenvalue weighted by Gasteiger charge is 2.24. The Balaban J connectivity index is 1.73. The molecule has 1 heterocycles. The van der Waals surface area contributed by atoms with Crippen LogP contribution in [0.3, 0.4) is 0 Å². The number of anilines is 1. The van der Waals surface area contributed by atoms with Gasteiger partial charge in [-0.2, -0.15) is 0 Å². The monoisotopic (exact) mass is 369 g/mol. The molecule has 6 nitrogen and oxygen atoms in total. The molecule has 1 aliphatic rings. The number of nitrogens with zero attached hydrogens (tertiary/aromatic N) is 1. The van der Waals surface area contributed by atoms with Crippen LogP contribution < -0.4 is 10.6 Å². The number of carbonyl (C=O) groups is 2. The molecule has 1 aromatic carbocycles. The molecule has 1 aliphatic heterocycles. The van der Waals surface area contributed by atoms with Crippen LogP contribution in [0.1, 0.15) is 33.6 Å². The second-order valence-corrected chi connectivity index (χ2v) is 7.37. The summed E-state index contributed by atoms with van der Waals surface area (Å²) in [5.41, 5.74) is -0.321. The number of ether oxygens (including phenoxy) is 1. The zero-order valence-corrected chi connectivity index (χ0v) is 15.3. The molecular formula is C18H25F2N3O3. The first-order valence-electron chi connectivity index (χ1n) is 8.59. The number of halogens is 2. The summed E-state index contributed by atoms with van der Waals surface area (Å²) >= 11 is 0. The van der Waals surface area contributed by atoms with Crippen molar-refractivity contribution in [3.05, 3.63) is 29.8 Å². The Morgan fingerprint density at radius 2 is 1.85 bits per heavy atom. The highest BCUT2D eigenvalue weighted by molar-refractivity contribution is 5.92. The van der Waals surface area contributed by atoms with Crippen molar-refractivity contribution in [2.24, 2.45) is 0 Å². The quantitative estimate of drug-likeness (QED) is 0.856. The highest BCUT2D eigenvalue weighted by Crippen LogP contribution is 2.15. The zero-order chi connectivity index (χ0) is 19.3. The van der Waals surface area contributed by atoms with Crippen molar-refractivity contribution in [2.75, 3.05) is 25.0 Å². The summed E-state index contributed by atoms with van der Waals surface area (Å²) in [6.07, 6.45) is 0.974. The molecule has 2 rings (SSSR count). The Bertz CT molecular complexity index is 654. The standard InChI is InChI=1S/C18H25F2N3O3/c1-18(2,3)26-17(25)22-12-6-8-23(9-7-12)11-16(24)21-13-4-5-14(19)15(20)10-13/h4-5,10,12H,6-9,11H2,1-3H3,(H,21,24)(H,22,25). The maximum atomic E-state index is 13.2. The van der Waals surface area contributed by atoms with Gasteiger partial charge in [0.2, 0.25) is 5.91 Å². The van der Waals surface area contributed by atoms with E-state index in [4.69, 9.17) is 4.74 Å². The van der Waals surface area contributed by atoms with Gasteiger partial charge in [-0.15, -0.1) is 0 Å². The maximum absolute atomic E-state index is 13.2.